The molecule has 0 bridgehead atoms. The third-order valence-electron chi connectivity index (χ3n) is 3.67. The van der Waals surface area contributed by atoms with Crippen LogP contribution >= 0.6 is 0 Å². The standard InChI is InChI=1S/C14H29NO2/c1-5-16-14(17-6-2)11-15(4)13-9-7-8-12(3)10-13/h12-14H,5-11H2,1-4H3. The highest BCUT2D eigenvalue weighted by atomic mass is 16.7. The summed E-state index contributed by atoms with van der Waals surface area (Å²) in [4.78, 5) is 2.42. The molecule has 0 heterocycles. The Morgan fingerprint density at radius 1 is 1.18 bits per heavy atom. The number of nitrogens with zero attached hydrogens (tertiary/aromatic N) is 1. The molecule has 3 heteroatoms. The molecule has 1 aliphatic carbocycles. The van der Waals surface area contributed by atoms with Crippen molar-refractivity contribution in [2.75, 3.05) is 26.8 Å². The van der Waals surface area contributed by atoms with Gasteiger partial charge < -0.3 is 9.47 Å². The summed E-state index contributed by atoms with van der Waals surface area (Å²) < 4.78 is 11.2. The van der Waals surface area contributed by atoms with Crippen LogP contribution in [-0.4, -0.2) is 44.0 Å². The van der Waals surface area contributed by atoms with Gasteiger partial charge in [-0.25, -0.2) is 0 Å². The molecule has 2 atom stereocenters. The first-order valence-corrected chi connectivity index (χ1v) is 7.10. The molecule has 1 saturated carbocycles. The lowest BCUT2D eigenvalue weighted by molar-refractivity contribution is -0.149. The first-order chi connectivity index (χ1) is 8.17. The summed E-state index contributed by atoms with van der Waals surface area (Å²) in [5.74, 6) is 0.869. The van der Waals surface area contributed by atoms with E-state index < -0.39 is 0 Å². The summed E-state index contributed by atoms with van der Waals surface area (Å²) in [5, 5.41) is 0. The topological polar surface area (TPSA) is 21.7 Å². The van der Waals surface area contributed by atoms with E-state index in [0.29, 0.717) is 6.04 Å². The predicted molar refractivity (Wildman–Crippen MR) is 71.1 cm³/mol. The Labute approximate surface area is 106 Å². The van der Waals surface area contributed by atoms with Crippen LogP contribution in [0.4, 0.5) is 0 Å². The third kappa shape index (κ3) is 5.36. The van der Waals surface area contributed by atoms with Crippen molar-refractivity contribution in [2.45, 2.75) is 58.8 Å². The minimum absolute atomic E-state index is 0.0627. The highest BCUT2D eigenvalue weighted by molar-refractivity contribution is 4.77. The van der Waals surface area contributed by atoms with Gasteiger partial charge in [0, 0.05) is 25.8 Å². The van der Waals surface area contributed by atoms with Gasteiger partial charge in [-0.15, -0.1) is 0 Å². The fourth-order valence-corrected chi connectivity index (χ4v) is 2.71. The van der Waals surface area contributed by atoms with E-state index in [1.165, 1.54) is 25.7 Å². The first kappa shape index (κ1) is 14.9. The Morgan fingerprint density at radius 3 is 2.35 bits per heavy atom. The summed E-state index contributed by atoms with van der Waals surface area (Å²) in [6.07, 6.45) is 5.34. The quantitative estimate of drug-likeness (QED) is 0.642. The number of rotatable bonds is 7. The highest BCUT2D eigenvalue weighted by Gasteiger charge is 2.24. The van der Waals surface area contributed by atoms with Crippen molar-refractivity contribution in [3.8, 4) is 0 Å². The van der Waals surface area contributed by atoms with Crippen LogP contribution in [0.5, 0.6) is 0 Å². The molecule has 0 aromatic carbocycles. The van der Waals surface area contributed by atoms with E-state index in [-0.39, 0.29) is 6.29 Å². The van der Waals surface area contributed by atoms with Crippen molar-refractivity contribution in [1.82, 2.24) is 4.90 Å². The maximum absolute atomic E-state index is 5.61. The van der Waals surface area contributed by atoms with Crippen LogP contribution in [0.1, 0.15) is 46.5 Å². The number of likely N-dealkylation sites (N-methyl/N-ethyl adjacent to an activating group) is 1. The minimum Gasteiger partial charge on any atom is -0.352 e. The lowest BCUT2D eigenvalue weighted by atomic mass is 9.86. The lowest BCUT2D eigenvalue weighted by Crippen LogP contribution is -2.41. The molecule has 1 aliphatic rings. The van der Waals surface area contributed by atoms with Gasteiger partial charge in [-0.1, -0.05) is 19.8 Å². The summed E-state index contributed by atoms with van der Waals surface area (Å²) in [6, 6.07) is 0.710. The zero-order valence-corrected chi connectivity index (χ0v) is 11.9. The maximum atomic E-state index is 5.61. The lowest BCUT2D eigenvalue weighted by Gasteiger charge is -2.35. The smallest absolute Gasteiger partial charge is 0.170 e. The van der Waals surface area contributed by atoms with Crippen LogP contribution in [0, 0.1) is 5.92 Å². The average Bonchev–Trinajstić information content (AvgIpc) is 2.29. The zero-order valence-electron chi connectivity index (χ0n) is 11.9. The molecule has 1 rings (SSSR count). The SMILES string of the molecule is CCOC(CN(C)C1CCCC(C)C1)OCC. The molecule has 2 unspecified atom stereocenters. The van der Waals surface area contributed by atoms with Crippen LogP contribution in [-0.2, 0) is 9.47 Å². The Bertz CT molecular complexity index is 193. The number of hydrogen-bond acceptors (Lipinski definition) is 3. The summed E-state index contributed by atoms with van der Waals surface area (Å²) in [6.45, 7) is 8.74. The Morgan fingerprint density at radius 2 is 1.82 bits per heavy atom. The molecule has 102 valence electrons. The predicted octanol–water partition coefficient (Wildman–Crippen LogP) is 2.90. The second kappa shape index (κ2) is 8.06. The van der Waals surface area contributed by atoms with Crippen molar-refractivity contribution in [3.63, 3.8) is 0 Å². The van der Waals surface area contributed by atoms with E-state index in [1.807, 2.05) is 13.8 Å². The van der Waals surface area contributed by atoms with Gasteiger partial charge >= 0.3 is 0 Å². The third-order valence-corrected chi connectivity index (χ3v) is 3.67. The van der Waals surface area contributed by atoms with Crippen LogP contribution in [0.15, 0.2) is 0 Å². The Hall–Kier alpha value is -0.120. The normalized spacial score (nSPS) is 25.8. The second-order valence-electron chi connectivity index (χ2n) is 5.21. The molecular weight excluding hydrogens is 214 g/mol. The van der Waals surface area contributed by atoms with Crippen LogP contribution in [0.3, 0.4) is 0 Å². The number of ether oxygens (including phenoxy) is 2. The van der Waals surface area contributed by atoms with Crippen LogP contribution in [0.25, 0.3) is 0 Å². The van der Waals surface area contributed by atoms with Gasteiger partial charge in [0.2, 0.25) is 0 Å². The zero-order chi connectivity index (χ0) is 12.7. The Kier molecular flexibility index (Phi) is 7.09. The van der Waals surface area contributed by atoms with Gasteiger partial charge in [-0.2, -0.15) is 0 Å². The van der Waals surface area contributed by atoms with E-state index in [9.17, 15) is 0 Å². The molecule has 0 radical (unpaired) electrons. The molecule has 0 amide bonds. The average molecular weight is 243 g/mol. The van der Waals surface area contributed by atoms with Crippen molar-refractivity contribution < 1.29 is 9.47 Å². The molecule has 0 aromatic rings. The molecule has 3 nitrogen and oxygen atoms in total. The van der Waals surface area contributed by atoms with Crippen molar-refractivity contribution in [3.05, 3.63) is 0 Å². The van der Waals surface area contributed by atoms with Gasteiger partial charge in [-0.05, 0) is 39.7 Å². The molecule has 0 spiro atoms. The van der Waals surface area contributed by atoms with Crippen molar-refractivity contribution in [2.24, 2.45) is 5.92 Å². The molecule has 0 N–H and O–H groups in total. The fourth-order valence-electron chi connectivity index (χ4n) is 2.71. The molecular formula is C14H29NO2. The van der Waals surface area contributed by atoms with E-state index in [1.54, 1.807) is 0 Å². The number of hydrogen-bond donors (Lipinski definition) is 0. The summed E-state index contributed by atoms with van der Waals surface area (Å²) in [5.41, 5.74) is 0. The van der Waals surface area contributed by atoms with Gasteiger partial charge in [0.15, 0.2) is 6.29 Å². The molecule has 0 aliphatic heterocycles. The van der Waals surface area contributed by atoms with Gasteiger partial charge in [0.25, 0.3) is 0 Å². The fraction of sp³-hybridized carbons (Fsp3) is 1.00. The maximum Gasteiger partial charge on any atom is 0.170 e. The van der Waals surface area contributed by atoms with E-state index in [0.717, 1.165) is 25.7 Å². The Balaban J connectivity index is 2.36. The monoisotopic (exact) mass is 243 g/mol. The molecule has 0 aromatic heterocycles. The molecule has 0 saturated heterocycles. The summed E-state index contributed by atoms with van der Waals surface area (Å²) >= 11 is 0. The largest absolute Gasteiger partial charge is 0.352 e. The van der Waals surface area contributed by atoms with E-state index >= 15 is 0 Å². The summed E-state index contributed by atoms with van der Waals surface area (Å²) in [7, 11) is 2.20. The van der Waals surface area contributed by atoms with Crippen LogP contribution < -0.4 is 0 Å². The molecule has 1 fully saturated rings. The van der Waals surface area contributed by atoms with Crippen molar-refractivity contribution in [1.29, 1.82) is 0 Å². The second-order valence-corrected chi connectivity index (χ2v) is 5.21. The van der Waals surface area contributed by atoms with E-state index in [4.69, 9.17) is 9.47 Å². The van der Waals surface area contributed by atoms with Gasteiger partial charge in [0.05, 0.1) is 0 Å². The first-order valence-electron chi connectivity index (χ1n) is 7.10. The van der Waals surface area contributed by atoms with Crippen molar-refractivity contribution >= 4 is 0 Å². The molecule has 17 heavy (non-hydrogen) atoms. The van der Waals surface area contributed by atoms with Gasteiger partial charge in [0.1, 0.15) is 0 Å². The van der Waals surface area contributed by atoms with E-state index in [2.05, 4.69) is 18.9 Å². The highest BCUT2D eigenvalue weighted by Crippen LogP contribution is 2.26. The van der Waals surface area contributed by atoms with Gasteiger partial charge in [-0.3, -0.25) is 4.90 Å². The minimum atomic E-state index is -0.0627. The van der Waals surface area contributed by atoms with Crippen LogP contribution in [0.2, 0.25) is 0 Å².